The average Bonchev–Trinajstić information content (AvgIpc) is 2.17. The Balaban J connectivity index is 2.71. The molecule has 0 spiro atoms. The SMILES string of the molecule is NC(=O)CCNS(=O)(=O)c1ccc(F)cc1. The molecule has 0 saturated heterocycles. The first-order chi connectivity index (χ1) is 7.42. The largest absolute Gasteiger partial charge is 0.370 e. The van der Waals surface area contributed by atoms with E-state index in [4.69, 9.17) is 5.73 Å². The Labute approximate surface area is 92.5 Å². The number of amides is 1. The Hall–Kier alpha value is -1.47. The molecule has 1 amide bonds. The van der Waals surface area contributed by atoms with Gasteiger partial charge in [-0.1, -0.05) is 0 Å². The van der Waals surface area contributed by atoms with Crippen molar-refractivity contribution in [3.8, 4) is 0 Å². The topological polar surface area (TPSA) is 89.3 Å². The number of hydrogen-bond acceptors (Lipinski definition) is 3. The van der Waals surface area contributed by atoms with Gasteiger partial charge in [0.2, 0.25) is 15.9 Å². The molecule has 0 aliphatic carbocycles. The summed E-state index contributed by atoms with van der Waals surface area (Å²) < 4.78 is 37.8. The minimum atomic E-state index is -3.70. The summed E-state index contributed by atoms with van der Waals surface area (Å²) in [7, 11) is -3.70. The van der Waals surface area contributed by atoms with Gasteiger partial charge in [0, 0.05) is 13.0 Å². The monoisotopic (exact) mass is 246 g/mol. The Kier molecular flexibility index (Phi) is 3.97. The Bertz CT molecular complexity index is 470. The number of carbonyl (C=O) groups excluding carboxylic acids is 1. The molecule has 1 rings (SSSR count). The molecule has 88 valence electrons. The number of nitrogens with two attached hydrogens (primary N) is 1. The summed E-state index contributed by atoms with van der Waals surface area (Å²) in [6.07, 6.45) is -0.0829. The van der Waals surface area contributed by atoms with E-state index in [-0.39, 0.29) is 17.9 Å². The van der Waals surface area contributed by atoms with Gasteiger partial charge in [-0.15, -0.1) is 0 Å². The van der Waals surface area contributed by atoms with Crippen LogP contribution in [0.5, 0.6) is 0 Å². The Morgan fingerprint density at radius 2 is 1.88 bits per heavy atom. The van der Waals surface area contributed by atoms with Crippen molar-refractivity contribution in [2.75, 3.05) is 6.54 Å². The van der Waals surface area contributed by atoms with Crippen molar-refractivity contribution in [3.05, 3.63) is 30.1 Å². The van der Waals surface area contributed by atoms with Gasteiger partial charge < -0.3 is 5.73 Å². The molecular weight excluding hydrogens is 235 g/mol. The minimum Gasteiger partial charge on any atom is -0.370 e. The molecule has 1 aromatic rings. The van der Waals surface area contributed by atoms with Crippen LogP contribution in [0.3, 0.4) is 0 Å². The first-order valence-electron chi connectivity index (χ1n) is 4.45. The smallest absolute Gasteiger partial charge is 0.240 e. The average molecular weight is 246 g/mol. The summed E-state index contributed by atoms with van der Waals surface area (Å²) in [5.41, 5.74) is 4.86. The van der Waals surface area contributed by atoms with E-state index in [1.165, 1.54) is 0 Å². The summed E-state index contributed by atoms with van der Waals surface area (Å²) in [4.78, 5) is 10.3. The molecule has 3 N–H and O–H groups in total. The molecule has 0 saturated carbocycles. The highest BCUT2D eigenvalue weighted by molar-refractivity contribution is 7.89. The summed E-state index contributed by atoms with van der Waals surface area (Å²) in [5, 5.41) is 0. The zero-order chi connectivity index (χ0) is 12.2. The number of rotatable bonds is 5. The van der Waals surface area contributed by atoms with Crippen molar-refractivity contribution in [1.82, 2.24) is 4.72 Å². The molecule has 0 radical (unpaired) electrons. The molecule has 0 aliphatic heterocycles. The lowest BCUT2D eigenvalue weighted by molar-refractivity contribution is -0.117. The highest BCUT2D eigenvalue weighted by Crippen LogP contribution is 2.09. The van der Waals surface area contributed by atoms with Crippen LogP contribution in [0.1, 0.15) is 6.42 Å². The Morgan fingerprint density at radius 3 is 2.38 bits per heavy atom. The van der Waals surface area contributed by atoms with Crippen LogP contribution in [0.25, 0.3) is 0 Å². The fourth-order valence-electron chi connectivity index (χ4n) is 1.01. The predicted molar refractivity (Wildman–Crippen MR) is 55.4 cm³/mol. The quantitative estimate of drug-likeness (QED) is 0.765. The van der Waals surface area contributed by atoms with E-state index >= 15 is 0 Å². The summed E-state index contributed by atoms with van der Waals surface area (Å²) >= 11 is 0. The summed E-state index contributed by atoms with van der Waals surface area (Å²) in [6.45, 7) is -0.0744. The highest BCUT2D eigenvalue weighted by Gasteiger charge is 2.13. The molecule has 5 nitrogen and oxygen atoms in total. The fraction of sp³-hybridized carbons (Fsp3) is 0.222. The van der Waals surface area contributed by atoms with Gasteiger partial charge >= 0.3 is 0 Å². The Morgan fingerprint density at radius 1 is 1.31 bits per heavy atom. The first kappa shape index (κ1) is 12.6. The molecule has 0 aromatic heterocycles. The lowest BCUT2D eigenvalue weighted by Gasteiger charge is -2.05. The van der Waals surface area contributed by atoms with Crippen LogP contribution >= 0.6 is 0 Å². The lowest BCUT2D eigenvalue weighted by Crippen LogP contribution is -2.28. The van der Waals surface area contributed by atoms with E-state index < -0.39 is 21.7 Å². The van der Waals surface area contributed by atoms with Crippen LogP contribution in [-0.4, -0.2) is 20.9 Å². The van der Waals surface area contributed by atoms with Gasteiger partial charge in [-0.25, -0.2) is 17.5 Å². The van der Waals surface area contributed by atoms with Gasteiger partial charge in [-0.3, -0.25) is 4.79 Å². The van der Waals surface area contributed by atoms with Crippen LogP contribution in [-0.2, 0) is 14.8 Å². The second-order valence-electron chi connectivity index (χ2n) is 3.07. The van der Waals surface area contributed by atoms with Crippen molar-refractivity contribution in [3.63, 3.8) is 0 Å². The number of halogens is 1. The van der Waals surface area contributed by atoms with Gasteiger partial charge in [0.15, 0.2) is 0 Å². The van der Waals surface area contributed by atoms with Crippen LogP contribution in [0.2, 0.25) is 0 Å². The molecule has 0 bridgehead atoms. The number of sulfonamides is 1. The third-order valence-corrected chi connectivity index (χ3v) is 3.26. The molecule has 0 fully saturated rings. The maximum atomic E-state index is 12.6. The molecule has 0 unspecified atom stereocenters. The maximum absolute atomic E-state index is 12.6. The minimum absolute atomic E-state index is 0.0571. The van der Waals surface area contributed by atoms with Crippen LogP contribution in [0, 0.1) is 5.82 Å². The second-order valence-corrected chi connectivity index (χ2v) is 4.83. The third kappa shape index (κ3) is 3.59. The van der Waals surface area contributed by atoms with Gasteiger partial charge in [0.1, 0.15) is 5.82 Å². The van der Waals surface area contributed by atoms with Crippen molar-refractivity contribution in [2.45, 2.75) is 11.3 Å². The van der Waals surface area contributed by atoms with Crippen LogP contribution in [0.15, 0.2) is 29.2 Å². The van der Waals surface area contributed by atoms with E-state index in [0.29, 0.717) is 0 Å². The number of nitrogens with one attached hydrogen (secondary N) is 1. The third-order valence-electron chi connectivity index (χ3n) is 1.79. The predicted octanol–water partition coefficient (Wildman–Crippen LogP) is -0.0206. The van der Waals surface area contributed by atoms with Gasteiger partial charge in [0.25, 0.3) is 0 Å². The molecule has 0 aliphatic rings. The molecule has 0 heterocycles. The van der Waals surface area contributed by atoms with E-state index in [9.17, 15) is 17.6 Å². The molecule has 7 heteroatoms. The van der Waals surface area contributed by atoms with E-state index in [2.05, 4.69) is 4.72 Å². The first-order valence-corrected chi connectivity index (χ1v) is 5.94. The van der Waals surface area contributed by atoms with Crippen LogP contribution < -0.4 is 10.5 Å². The molecule has 0 atom stereocenters. The van der Waals surface area contributed by atoms with E-state index in [0.717, 1.165) is 24.3 Å². The normalized spacial score (nSPS) is 11.3. The van der Waals surface area contributed by atoms with Gasteiger partial charge in [-0.05, 0) is 24.3 Å². The number of benzene rings is 1. The number of carbonyl (C=O) groups is 1. The van der Waals surface area contributed by atoms with Gasteiger partial charge in [-0.2, -0.15) is 0 Å². The van der Waals surface area contributed by atoms with Gasteiger partial charge in [0.05, 0.1) is 4.90 Å². The summed E-state index contributed by atoms with van der Waals surface area (Å²) in [5.74, 6) is -1.11. The van der Waals surface area contributed by atoms with Crippen molar-refractivity contribution in [2.24, 2.45) is 5.73 Å². The highest BCUT2D eigenvalue weighted by atomic mass is 32.2. The zero-order valence-corrected chi connectivity index (χ0v) is 9.13. The standard InChI is InChI=1S/C9H11FN2O3S/c10-7-1-3-8(4-2-7)16(14,15)12-6-5-9(11)13/h1-4,12H,5-6H2,(H2,11,13). The molecular formula is C9H11FN2O3S. The fourth-order valence-corrected chi connectivity index (χ4v) is 2.04. The summed E-state index contributed by atoms with van der Waals surface area (Å²) in [6, 6.07) is 4.37. The van der Waals surface area contributed by atoms with Crippen molar-refractivity contribution < 1.29 is 17.6 Å². The van der Waals surface area contributed by atoms with Crippen LogP contribution in [0.4, 0.5) is 4.39 Å². The van der Waals surface area contributed by atoms with Crippen molar-refractivity contribution in [1.29, 1.82) is 0 Å². The second kappa shape index (κ2) is 5.04. The maximum Gasteiger partial charge on any atom is 0.240 e. The zero-order valence-electron chi connectivity index (χ0n) is 8.31. The van der Waals surface area contributed by atoms with E-state index in [1.54, 1.807) is 0 Å². The van der Waals surface area contributed by atoms with Crippen molar-refractivity contribution >= 4 is 15.9 Å². The molecule has 1 aromatic carbocycles. The van der Waals surface area contributed by atoms with E-state index in [1.807, 2.05) is 0 Å². The lowest BCUT2D eigenvalue weighted by atomic mass is 10.4. The molecule has 16 heavy (non-hydrogen) atoms. The number of primary amides is 1. The number of hydrogen-bond donors (Lipinski definition) is 2.